The normalized spacial score (nSPS) is 10.4. The molecule has 0 spiro atoms. The quantitative estimate of drug-likeness (QED) is 0.611. The molecule has 0 unspecified atom stereocenters. The molecule has 0 saturated carbocycles. The Morgan fingerprint density at radius 2 is 2.10 bits per heavy atom. The summed E-state index contributed by atoms with van der Waals surface area (Å²) in [6, 6.07) is 3.99. The number of nitrogens with zero attached hydrogens (tertiary/aromatic N) is 1. The van der Waals surface area contributed by atoms with Gasteiger partial charge in [-0.1, -0.05) is 32.3 Å². The Bertz CT molecular complexity index is 354. The van der Waals surface area contributed by atoms with Crippen molar-refractivity contribution in [3.8, 4) is 0 Å². The Morgan fingerprint density at radius 3 is 2.85 bits per heavy atom. The van der Waals surface area contributed by atoms with E-state index in [1.807, 2.05) is 12.3 Å². The van der Waals surface area contributed by atoms with Gasteiger partial charge in [0.2, 0.25) is 5.91 Å². The van der Waals surface area contributed by atoms with E-state index in [0.717, 1.165) is 38.9 Å². The van der Waals surface area contributed by atoms with Crippen LogP contribution in [0.3, 0.4) is 0 Å². The molecule has 4 heteroatoms. The minimum atomic E-state index is 0.188. The highest BCUT2D eigenvalue weighted by molar-refractivity contribution is 5.75. The van der Waals surface area contributed by atoms with Gasteiger partial charge >= 0.3 is 0 Å². The Morgan fingerprint density at radius 1 is 1.20 bits per heavy atom. The number of rotatable bonds is 11. The van der Waals surface area contributed by atoms with Crippen molar-refractivity contribution in [1.29, 1.82) is 0 Å². The molecule has 1 aromatic heterocycles. The van der Waals surface area contributed by atoms with Crippen molar-refractivity contribution in [2.24, 2.45) is 0 Å². The maximum Gasteiger partial charge on any atom is 0.219 e. The molecule has 1 heterocycles. The SMILES string of the molecule is CCCCCCC(=O)NCCCNCc1cccnc1. The fourth-order valence-electron chi connectivity index (χ4n) is 1.98. The van der Waals surface area contributed by atoms with Crippen LogP contribution in [0.4, 0.5) is 0 Å². The second-order valence-corrected chi connectivity index (χ2v) is 5.05. The fourth-order valence-corrected chi connectivity index (χ4v) is 1.98. The Balaban J connectivity index is 1.90. The van der Waals surface area contributed by atoms with Gasteiger partial charge < -0.3 is 10.6 Å². The molecule has 112 valence electrons. The first-order valence-corrected chi connectivity index (χ1v) is 7.69. The molecule has 0 bridgehead atoms. The van der Waals surface area contributed by atoms with E-state index in [1.165, 1.54) is 18.4 Å². The van der Waals surface area contributed by atoms with Crippen LogP contribution < -0.4 is 10.6 Å². The summed E-state index contributed by atoms with van der Waals surface area (Å²) < 4.78 is 0. The van der Waals surface area contributed by atoms with Gasteiger partial charge in [-0.25, -0.2) is 0 Å². The number of carbonyl (C=O) groups excluding carboxylic acids is 1. The van der Waals surface area contributed by atoms with E-state index in [1.54, 1.807) is 6.20 Å². The highest BCUT2D eigenvalue weighted by atomic mass is 16.1. The van der Waals surface area contributed by atoms with Gasteiger partial charge in [-0.05, 0) is 31.0 Å². The average molecular weight is 277 g/mol. The lowest BCUT2D eigenvalue weighted by atomic mass is 10.1. The molecular weight excluding hydrogens is 250 g/mol. The van der Waals surface area contributed by atoms with Crippen LogP contribution in [0.1, 0.15) is 51.0 Å². The van der Waals surface area contributed by atoms with Crippen LogP contribution in [0.15, 0.2) is 24.5 Å². The van der Waals surface area contributed by atoms with E-state index in [9.17, 15) is 4.79 Å². The molecule has 4 nitrogen and oxygen atoms in total. The zero-order chi connectivity index (χ0) is 14.5. The predicted octanol–water partition coefficient (Wildman–Crippen LogP) is 2.65. The maximum atomic E-state index is 11.5. The van der Waals surface area contributed by atoms with E-state index >= 15 is 0 Å². The summed E-state index contributed by atoms with van der Waals surface area (Å²) in [5, 5.41) is 6.31. The molecule has 0 aliphatic rings. The molecule has 1 aromatic rings. The Labute approximate surface area is 122 Å². The second-order valence-electron chi connectivity index (χ2n) is 5.05. The van der Waals surface area contributed by atoms with Gasteiger partial charge in [-0.15, -0.1) is 0 Å². The zero-order valence-corrected chi connectivity index (χ0v) is 12.5. The lowest BCUT2D eigenvalue weighted by molar-refractivity contribution is -0.121. The van der Waals surface area contributed by atoms with Crippen LogP contribution >= 0.6 is 0 Å². The lowest BCUT2D eigenvalue weighted by Gasteiger charge is -2.06. The minimum absolute atomic E-state index is 0.188. The standard InChI is InChI=1S/C16H27N3O/c1-2-3-4-5-9-16(20)19-12-7-11-18-14-15-8-6-10-17-13-15/h6,8,10,13,18H,2-5,7,9,11-12,14H2,1H3,(H,19,20). The molecule has 0 aliphatic carbocycles. The number of pyridine rings is 1. The van der Waals surface area contributed by atoms with Crippen LogP contribution in [-0.2, 0) is 11.3 Å². The second kappa shape index (κ2) is 11.4. The van der Waals surface area contributed by atoms with E-state index < -0.39 is 0 Å². The monoisotopic (exact) mass is 277 g/mol. The summed E-state index contributed by atoms with van der Waals surface area (Å²) in [6.07, 6.45) is 9.89. The van der Waals surface area contributed by atoms with Crippen molar-refractivity contribution in [2.45, 2.75) is 52.0 Å². The topological polar surface area (TPSA) is 54.0 Å². The van der Waals surface area contributed by atoms with Crippen LogP contribution in [0.2, 0.25) is 0 Å². The first-order valence-electron chi connectivity index (χ1n) is 7.69. The zero-order valence-electron chi connectivity index (χ0n) is 12.5. The van der Waals surface area contributed by atoms with Gasteiger partial charge in [0.05, 0.1) is 0 Å². The highest BCUT2D eigenvalue weighted by Gasteiger charge is 1.99. The summed E-state index contributed by atoms with van der Waals surface area (Å²) in [5.74, 6) is 0.188. The third kappa shape index (κ3) is 8.64. The van der Waals surface area contributed by atoms with Crippen molar-refractivity contribution >= 4 is 5.91 Å². The summed E-state index contributed by atoms with van der Waals surface area (Å²) in [5.41, 5.74) is 1.19. The van der Waals surface area contributed by atoms with E-state index in [4.69, 9.17) is 0 Å². The van der Waals surface area contributed by atoms with E-state index in [2.05, 4.69) is 28.6 Å². The molecule has 0 aromatic carbocycles. The van der Waals surface area contributed by atoms with Gasteiger partial charge in [0.15, 0.2) is 0 Å². The van der Waals surface area contributed by atoms with Gasteiger partial charge in [-0.2, -0.15) is 0 Å². The van der Waals surface area contributed by atoms with Gasteiger partial charge in [0.25, 0.3) is 0 Å². The molecule has 0 saturated heterocycles. The van der Waals surface area contributed by atoms with Gasteiger partial charge in [-0.3, -0.25) is 9.78 Å². The number of amides is 1. The molecule has 0 atom stereocenters. The fraction of sp³-hybridized carbons (Fsp3) is 0.625. The summed E-state index contributed by atoms with van der Waals surface area (Å²) >= 11 is 0. The largest absolute Gasteiger partial charge is 0.356 e. The minimum Gasteiger partial charge on any atom is -0.356 e. The van der Waals surface area contributed by atoms with Crippen LogP contribution in [0, 0.1) is 0 Å². The van der Waals surface area contributed by atoms with E-state index in [0.29, 0.717) is 6.42 Å². The lowest BCUT2D eigenvalue weighted by Crippen LogP contribution is -2.27. The number of nitrogens with one attached hydrogen (secondary N) is 2. The molecule has 0 radical (unpaired) electrons. The van der Waals surface area contributed by atoms with Gasteiger partial charge in [0, 0.05) is 31.9 Å². The average Bonchev–Trinajstić information content (AvgIpc) is 2.48. The number of unbranched alkanes of at least 4 members (excludes halogenated alkanes) is 3. The molecular formula is C16H27N3O. The Kier molecular flexibility index (Phi) is 9.49. The molecule has 2 N–H and O–H groups in total. The summed E-state index contributed by atoms with van der Waals surface area (Å²) in [7, 11) is 0. The summed E-state index contributed by atoms with van der Waals surface area (Å²) in [4.78, 5) is 15.6. The van der Waals surface area contributed by atoms with Crippen LogP contribution in [0.25, 0.3) is 0 Å². The van der Waals surface area contributed by atoms with Crippen LogP contribution in [-0.4, -0.2) is 24.0 Å². The third-order valence-electron chi connectivity index (χ3n) is 3.16. The maximum absolute atomic E-state index is 11.5. The summed E-state index contributed by atoms with van der Waals surface area (Å²) in [6.45, 7) is 4.68. The van der Waals surface area contributed by atoms with Crippen molar-refractivity contribution in [3.05, 3.63) is 30.1 Å². The first-order chi connectivity index (χ1) is 9.83. The molecule has 0 aliphatic heterocycles. The number of hydrogen-bond donors (Lipinski definition) is 2. The number of carbonyl (C=O) groups is 1. The third-order valence-corrected chi connectivity index (χ3v) is 3.16. The van der Waals surface area contributed by atoms with Crippen LogP contribution in [0.5, 0.6) is 0 Å². The van der Waals surface area contributed by atoms with E-state index in [-0.39, 0.29) is 5.91 Å². The highest BCUT2D eigenvalue weighted by Crippen LogP contribution is 2.01. The van der Waals surface area contributed by atoms with Gasteiger partial charge in [0.1, 0.15) is 0 Å². The van der Waals surface area contributed by atoms with Crippen molar-refractivity contribution in [2.75, 3.05) is 13.1 Å². The van der Waals surface area contributed by atoms with Crippen molar-refractivity contribution < 1.29 is 4.79 Å². The number of aromatic nitrogens is 1. The van der Waals surface area contributed by atoms with Crippen molar-refractivity contribution in [3.63, 3.8) is 0 Å². The smallest absolute Gasteiger partial charge is 0.219 e. The molecule has 1 rings (SSSR count). The predicted molar refractivity (Wildman–Crippen MR) is 82.3 cm³/mol. The Hall–Kier alpha value is -1.42. The molecule has 0 fully saturated rings. The van der Waals surface area contributed by atoms with Crippen molar-refractivity contribution in [1.82, 2.24) is 15.6 Å². The molecule has 20 heavy (non-hydrogen) atoms. The first kappa shape index (κ1) is 16.6. The number of hydrogen-bond acceptors (Lipinski definition) is 3. The molecule has 1 amide bonds.